The number of hydrogen-bond acceptors (Lipinski definition) is 2. The van der Waals surface area contributed by atoms with Gasteiger partial charge < -0.3 is 10.1 Å². The summed E-state index contributed by atoms with van der Waals surface area (Å²) in [5.41, 5.74) is 3.38. The first kappa shape index (κ1) is 21.3. The number of halogens is 1. The minimum atomic E-state index is -0.0173. The number of aryl methyl sites for hydroxylation is 1. The zero-order valence-electron chi connectivity index (χ0n) is 16.8. The number of ether oxygens (including phenoxy) is 1. The molecule has 0 atom stereocenters. The van der Waals surface area contributed by atoms with Gasteiger partial charge in [0.1, 0.15) is 5.75 Å². The third-order valence-electron chi connectivity index (χ3n) is 5.00. The number of anilines is 1. The van der Waals surface area contributed by atoms with Gasteiger partial charge in [0.2, 0.25) is 5.91 Å². The molecule has 0 spiro atoms. The Labute approximate surface area is 168 Å². The number of amides is 1. The third kappa shape index (κ3) is 6.28. The molecular weight excluding hydrogens is 358 g/mol. The Hall–Kier alpha value is -2.00. The van der Waals surface area contributed by atoms with Gasteiger partial charge in [-0.1, -0.05) is 51.4 Å². The molecular formula is C23H30ClNO2. The summed E-state index contributed by atoms with van der Waals surface area (Å²) in [5, 5.41) is 3.53. The smallest absolute Gasteiger partial charge is 0.224 e. The first-order chi connectivity index (χ1) is 12.9. The molecule has 0 aliphatic carbocycles. The first-order valence-corrected chi connectivity index (χ1v) is 10.0. The van der Waals surface area contributed by atoms with Crippen molar-refractivity contribution < 1.29 is 9.53 Å². The maximum Gasteiger partial charge on any atom is 0.224 e. The predicted molar refractivity (Wildman–Crippen MR) is 114 cm³/mol. The number of benzene rings is 2. The van der Waals surface area contributed by atoms with E-state index in [-0.39, 0.29) is 11.3 Å². The van der Waals surface area contributed by atoms with Crippen LogP contribution in [0.2, 0.25) is 5.02 Å². The van der Waals surface area contributed by atoms with Crippen molar-refractivity contribution in [2.45, 2.75) is 58.8 Å². The van der Waals surface area contributed by atoms with Gasteiger partial charge in [-0.25, -0.2) is 0 Å². The van der Waals surface area contributed by atoms with Gasteiger partial charge in [-0.05, 0) is 60.6 Å². The van der Waals surface area contributed by atoms with Crippen LogP contribution in [0.1, 0.15) is 58.1 Å². The summed E-state index contributed by atoms with van der Waals surface area (Å²) in [6.45, 7) is 9.37. The molecule has 0 unspecified atom stereocenters. The van der Waals surface area contributed by atoms with Crippen molar-refractivity contribution in [2.24, 2.45) is 0 Å². The molecule has 0 aromatic heterocycles. The lowest BCUT2D eigenvalue weighted by Gasteiger charge is -2.27. The maximum absolute atomic E-state index is 12.1. The van der Waals surface area contributed by atoms with Gasteiger partial charge in [0.15, 0.2) is 0 Å². The number of carbonyl (C=O) groups is 1. The standard InChI is InChI=1S/C23H30ClNO2/c1-5-17-9-14-21(20(16-17)23(3,4)6-2)27-15-7-8-22(26)25-19-12-10-18(24)11-13-19/h9-14,16H,5-8,15H2,1-4H3,(H,25,26). The Morgan fingerprint density at radius 1 is 1.11 bits per heavy atom. The van der Waals surface area contributed by atoms with Crippen molar-refractivity contribution in [1.82, 2.24) is 0 Å². The molecule has 1 amide bonds. The van der Waals surface area contributed by atoms with Gasteiger partial charge in [-0.3, -0.25) is 4.79 Å². The van der Waals surface area contributed by atoms with Crippen LogP contribution in [0, 0.1) is 0 Å². The Balaban J connectivity index is 1.89. The number of nitrogens with one attached hydrogen (secondary N) is 1. The molecule has 0 bridgehead atoms. The van der Waals surface area contributed by atoms with E-state index in [1.165, 1.54) is 11.1 Å². The average Bonchev–Trinajstić information content (AvgIpc) is 2.67. The van der Waals surface area contributed by atoms with E-state index in [0.717, 1.165) is 24.3 Å². The minimum Gasteiger partial charge on any atom is -0.493 e. The fourth-order valence-electron chi connectivity index (χ4n) is 2.81. The van der Waals surface area contributed by atoms with Crippen LogP contribution >= 0.6 is 11.6 Å². The molecule has 146 valence electrons. The summed E-state index contributed by atoms with van der Waals surface area (Å²) in [5.74, 6) is 0.911. The largest absolute Gasteiger partial charge is 0.493 e. The second-order valence-corrected chi connectivity index (χ2v) is 7.87. The highest BCUT2D eigenvalue weighted by molar-refractivity contribution is 6.30. The lowest BCUT2D eigenvalue weighted by atomic mass is 9.81. The van der Waals surface area contributed by atoms with Gasteiger partial charge in [0.25, 0.3) is 0 Å². The van der Waals surface area contributed by atoms with E-state index < -0.39 is 0 Å². The van der Waals surface area contributed by atoms with Gasteiger partial charge in [-0.15, -0.1) is 0 Å². The normalized spacial score (nSPS) is 11.3. The molecule has 0 radical (unpaired) electrons. The molecule has 0 saturated heterocycles. The van der Waals surface area contributed by atoms with Crippen LogP contribution in [0.25, 0.3) is 0 Å². The predicted octanol–water partition coefficient (Wildman–Crippen LogP) is 6.39. The van der Waals surface area contributed by atoms with Gasteiger partial charge in [0.05, 0.1) is 6.61 Å². The summed E-state index contributed by atoms with van der Waals surface area (Å²) in [7, 11) is 0. The Morgan fingerprint density at radius 3 is 2.44 bits per heavy atom. The lowest BCUT2D eigenvalue weighted by Crippen LogP contribution is -2.18. The summed E-state index contributed by atoms with van der Waals surface area (Å²) in [6.07, 6.45) is 3.14. The molecule has 0 aliphatic rings. The van der Waals surface area contributed by atoms with Crippen LogP contribution in [0.5, 0.6) is 5.75 Å². The fourth-order valence-corrected chi connectivity index (χ4v) is 2.94. The van der Waals surface area contributed by atoms with Crippen molar-refractivity contribution in [3.8, 4) is 5.75 Å². The molecule has 2 aromatic rings. The Kier molecular flexibility index (Phi) is 7.73. The third-order valence-corrected chi connectivity index (χ3v) is 5.25. The van der Waals surface area contributed by atoms with E-state index in [1.807, 2.05) is 0 Å². The van der Waals surface area contributed by atoms with E-state index >= 15 is 0 Å². The maximum atomic E-state index is 12.1. The molecule has 2 aromatic carbocycles. The molecule has 1 N–H and O–H groups in total. The molecule has 4 heteroatoms. The SMILES string of the molecule is CCc1ccc(OCCCC(=O)Nc2ccc(Cl)cc2)c(C(C)(C)CC)c1. The van der Waals surface area contributed by atoms with Crippen molar-refractivity contribution in [1.29, 1.82) is 0 Å². The summed E-state index contributed by atoms with van der Waals surface area (Å²) >= 11 is 5.85. The topological polar surface area (TPSA) is 38.3 Å². The van der Waals surface area contributed by atoms with Crippen LogP contribution in [0.3, 0.4) is 0 Å². The summed E-state index contributed by atoms with van der Waals surface area (Å²) in [6, 6.07) is 13.6. The second kappa shape index (κ2) is 9.80. The second-order valence-electron chi connectivity index (χ2n) is 7.43. The van der Waals surface area contributed by atoms with E-state index in [9.17, 15) is 4.79 Å². The highest BCUT2D eigenvalue weighted by atomic mass is 35.5. The molecule has 0 fully saturated rings. The highest BCUT2D eigenvalue weighted by Gasteiger charge is 2.23. The Bertz CT molecular complexity index is 753. The minimum absolute atomic E-state index is 0.0173. The van der Waals surface area contributed by atoms with Crippen molar-refractivity contribution >= 4 is 23.2 Å². The number of carbonyl (C=O) groups excluding carboxylic acids is 1. The number of hydrogen-bond donors (Lipinski definition) is 1. The molecule has 27 heavy (non-hydrogen) atoms. The van der Waals surface area contributed by atoms with Gasteiger partial charge in [0, 0.05) is 22.7 Å². The quantitative estimate of drug-likeness (QED) is 0.506. The fraction of sp³-hybridized carbons (Fsp3) is 0.435. The monoisotopic (exact) mass is 387 g/mol. The lowest BCUT2D eigenvalue weighted by molar-refractivity contribution is -0.116. The molecule has 3 nitrogen and oxygen atoms in total. The van der Waals surface area contributed by atoms with E-state index in [2.05, 4.69) is 51.2 Å². The van der Waals surface area contributed by atoms with E-state index in [0.29, 0.717) is 24.5 Å². The van der Waals surface area contributed by atoms with E-state index in [4.69, 9.17) is 16.3 Å². The van der Waals surface area contributed by atoms with Crippen molar-refractivity contribution in [3.05, 3.63) is 58.6 Å². The molecule has 0 heterocycles. The van der Waals surface area contributed by atoms with Crippen LogP contribution in [0.15, 0.2) is 42.5 Å². The number of rotatable bonds is 9. The molecule has 2 rings (SSSR count). The van der Waals surface area contributed by atoms with Crippen molar-refractivity contribution in [2.75, 3.05) is 11.9 Å². The molecule has 0 aliphatic heterocycles. The van der Waals surface area contributed by atoms with E-state index in [1.54, 1.807) is 24.3 Å². The van der Waals surface area contributed by atoms with Crippen molar-refractivity contribution in [3.63, 3.8) is 0 Å². The van der Waals surface area contributed by atoms with Crippen LogP contribution in [0.4, 0.5) is 5.69 Å². The van der Waals surface area contributed by atoms with Gasteiger partial charge in [-0.2, -0.15) is 0 Å². The first-order valence-electron chi connectivity index (χ1n) is 9.67. The van der Waals surface area contributed by atoms with Gasteiger partial charge >= 0.3 is 0 Å². The Morgan fingerprint density at radius 2 is 1.81 bits per heavy atom. The average molecular weight is 388 g/mol. The molecule has 0 saturated carbocycles. The summed E-state index contributed by atoms with van der Waals surface area (Å²) in [4.78, 5) is 12.1. The zero-order valence-corrected chi connectivity index (χ0v) is 17.5. The zero-order chi connectivity index (χ0) is 19.9. The van der Waals surface area contributed by atoms with Crippen LogP contribution in [-0.2, 0) is 16.6 Å². The van der Waals surface area contributed by atoms with Crippen LogP contribution in [-0.4, -0.2) is 12.5 Å². The summed E-state index contributed by atoms with van der Waals surface area (Å²) < 4.78 is 6.04. The van der Waals surface area contributed by atoms with Crippen LogP contribution < -0.4 is 10.1 Å². The highest BCUT2D eigenvalue weighted by Crippen LogP contribution is 2.35.